The van der Waals surface area contributed by atoms with Crippen molar-refractivity contribution in [3.8, 4) is 0 Å². The van der Waals surface area contributed by atoms with E-state index in [1.54, 1.807) is 18.0 Å². The van der Waals surface area contributed by atoms with Gasteiger partial charge in [0, 0.05) is 7.11 Å². The van der Waals surface area contributed by atoms with Gasteiger partial charge in [-0.25, -0.2) is 0 Å². The lowest BCUT2D eigenvalue weighted by Gasteiger charge is -1.51. The minimum absolute atomic E-state index is 0. The maximum Gasteiger partial charge on any atom is 0.0319 e. The third-order valence-corrected chi connectivity index (χ3v) is 0. The van der Waals surface area contributed by atoms with Crippen molar-refractivity contribution in [2.24, 2.45) is 0 Å². The van der Waals surface area contributed by atoms with Gasteiger partial charge in [0.25, 0.3) is 0 Å². The third-order valence-electron chi connectivity index (χ3n) is 0. The Kier molecular flexibility index (Phi) is 361. The van der Waals surface area contributed by atoms with Crippen molar-refractivity contribution in [1.29, 1.82) is 0 Å². The van der Waals surface area contributed by atoms with E-state index in [1.165, 1.54) is 0 Å². The molecule has 0 bridgehead atoms. The number of thioether (sulfide) groups is 1. The predicted molar refractivity (Wildman–Crippen MR) is 49.2 cm³/mol. The van der Waals surface area contributed by atoms with Crippen LogP contribution in [0.3, 0.4) is 0 Å². The first-order chi connectivity index (χ1) is 3.41. The second-order valence-corrected chi connectivity index (χ2v) is 1.22. The average Bonchev–Trinajstić information content (AvgIpc) is 1.78. The van der Waals surface area contributed by atoms with E-state index in [0.717, 1.165) is 7.11 Å². The van der Waals surface area contributed by atoms with Crippen molar-refractivity contribution >= 4 is 24.4 Å². The van der Waals surface area contributed by atoms with Gasteiger partial charge in [-0.2, -0.15) is 24.4 Å². The van der Waals surface area contributed by atoms with Crippen molar-refractivity contribution in [3.05, 3.63) is 0 Å². The van der Waals surface area contributed by atoms with Crippen LogP contribution in [0, 0.1) is 0 Å². The van der Waals surface area contributed by atoms with Crippen molar-refractivity contribution in [2.75, 3.05) is 25.9 Å². The lowest BCUT2D eigenvalue weighted by atomic mass is 11.8. The first-order valence-electron chi connectivity index (χ1n) is 1.71. The van der Waals surface area contributed by atoms with Crippen LogP contribution in [-0.4, -0.2) is 31.0 Å². The first kappa shape index (κ1) is 23.4. The van der Waals surface area contributed by atoms with Crippen molar-refractivity contribution in [3.63, 3.8) is 0 Å². The maximum absolute atomic E-state index is 7.00. The zero-order valence-electron chi connectivity index (χ0n) is 5.30. The van der Waals surface area contributed by atoms with Crippen LogP contribution in [0.2, 0.25) is 0 Å². The van der Waals surface area contributed by atoms with Crippen LogP contribution < -0.4 is 0 Å². The molecule has 0 unspecified atom stereocenters. The van der Waals surface area contributed by atoms with E-state index < -0.39 is 0 Å². The SMILES string of the molecule is C.CO.CS.CSC. The summed E-state index contributed by atoms with van der Waals surface area (Å²) in [7, 11) is 1.00. The van der Waals surface area contributed by atoms with Gasteiger partial charge in [0.2, 0.25) is 0 Å². The highest BCUT2D eigenvalue weighted by atomic mass is 32.2. The summed E-state index contributed by atoms with van der Waals surface area (Å²) in [6.45, 7) is 0. The smallest absolute Gasteiger partial charge is 0.0319 e. The number of hydrogen-bond donors (Lipinski definition) is 2. The van der Waals surface area contributed by atoms with Gasteiger partial charge in [-0.3, -0.25) is 0 Å². The summed E-state index contributed by atoms with van der Waals surface area (Å²) in [6, 6.07) is 0. The Labute approximate surface area is 63.3 Å². The van der Waals surface area contributed by atoms with Gasteiger partial charge in [-0.05, 0) is 18.8 Å². The molecular formula is C5H18OS2. The van der Waals surface area contributed by atoms with Gasteiger partial charge in [0.05, 0.1) is 0 Å². The molecule has 0 aliphatic rings. The Morgan fingerprint density at radius 1 is 1.12 bits per heavy atom. The zero-order valence-corrected chi connectivity index (χ0v) is 7.01. The Morgan fingerprint density at radius 2 is 1.12 bits per heavy atom. The average molecular weight is 158 g/mol. The van der Waals surface area contributed by atoms with E-state index in [1.807, 2.05) is 12.5 Å². The molecule has 0 aromatic rings. The molecule has 0 spiro atoms. The second-order valence-electron chi connectivity index (χ2n) is 0.408. The van der Waals surface area contributed by atoms with Crippen LogP contribution in [0.5, 0.6) is 0 Å². The van der Waals surface area contributed by atoms with Crippen LogP contribution in [0.1, 0.15) is 7.43 Å². The van der Waals surface area contributed by atoms with Crippen LogP contribution in [0.4, 0.5) is 0 Å². The van der Waals surface area contributed by atoms with Gasteiger partial charge in [-0.1, -0.05) is 7.43 Å². The van der Waals surface area contributed by atoms with Gasteiger partial charge < -0.3 is 5.11 Å². The fourth-order valence-corrected chi connectivity index (χ4v) is 0. The molecule has 56 valence electrons. The quantitative estimate of drug-likeness (QED) is 0.524. The first-order valence-corrected chi connectivity index (χ1v) is 4.24. The Bertz CT molecular complexity index is 10.4. The highest BCUT2D eigenvalue weighted by Gasteiger charge is 1.32. The van der Waals surface area contributed by atoms with Gasteiger partial charge in [0.1, 0.15) is 0 Å². The molecule has 0 saturated heterocycles. The lowest BCUT2D eigenvalue weighted by molar-refractivity contribution is 0.399. The van der Waals surface area contributed by atoms with Crippen LogP contribution in [0.25, 0.3) is 0 Å². The van der Waals surface area contributed by atoms with Gasteiger partial charge in [0.15, 0.2) is 0 Å². The van der Waals surface area contributed by atoms with Crippen LogP contribution in [0.15, 0.2) is 0 Å². The molecule has 1 N–H and O–H groups in total. The predicted octanol–water partition coefficient (Wildman–Crippen LogP) is 1.77. The Balaban J connectivity index is -0.0000000147. The monoisotopic (exact) mass is 158 g/mol. The summed E-state index contributed by atoms with van der Waals surface area (Å²) in [5.74, 6) is 0. The molecule has 1 nitrogen and oxygen atoms in total. The standard InChI is InChI=1S/C2H6S.CH4O.CH4S.CH4/c1-3-2;2*1-2;/h1-2H3;2*2H,1H3;1H4. The molecule has 0 aliphatic heterocycles. The van der Waals surface area contributed by atoms with E-state index in [2.05, 4.69) is 12.6 Å². The largest absolute Gasteiger partial charge is 0.400 e. The normalized spacial score (nSPS) is 3.75. The van der Waals surface area contributed by atoms with Gasteiger partial charge >= 0.3 is 0 Å². The molecule has 0 amide bonds. The number of thiol groups is 1. The summed E-state index contributed by atoms with van der Waals surface area (Å²) >= 11 is 5.28. The Morgan fingerprint density at radius 3 is 1.12 bits per heavy atom. The van der Waals surface area contributed by atoms with Crippen molar-refractivity contribution in [1.82, 2.24) is 0 Å². The minimum atomic E-state index is 0. The summed E-state index contributed by atoms with van der Waals surface area (Å²) in [4.78, 5) is 0. The van der Waals surface area contributed by atoms with E-state index in [-0.39, 0.29) is 7.43 Å². The summed E-state index contributed by atoms with van der Waals surface area (Å²) in [6.07, 6.45) is 5.78. The maximum atomic E-state index is 7.00. The molecular weight excluding hydrogens is 140 g/mol. The number of rotatable bonds is 0. The fraction of sp³-hybridized carbons (Fsp3) is 1.00. The van der Waals surface area contributed by atoms with E-state index >= 15 is 0 Å². The van der Waals surface area contributed by atoms with E-state index in [9.17, 15) is 0 Å². The molecule has 3 heteroatoms. The topological polar surface area (TPSA) is 20.2 Å². The molecule has 0 heterocycles. The molecule has 0 rings (SSSR count). The van der Waals surface area contributed by atoms with E-state index in [0.29, 0.717) is 0 Å². The summed E-state index contributed by atoms with van der Waals surface area (Å²) in [5.41, 5.74) is 0. The molecule has 8 heavy (non-hydrogen) atoms. The fourth-order valence-electron chi connectivity index (χ4n) is 0. The molecule has 0 atom stereocenters. The summed E-state index contributed by atoms with van der Waals surface area (Å²) < 4.78 is 0. The third kappa shape index (κ3) is 490. The van der Waals surface area contributed by atoms with Crippen molar-refractivity contribution < 1.29 is 5.11 Å². The molecule has 0 fully saturated rings. The van der Waals surface area contributed by atoms with E-state index in [4.69, 9.17) is 5.11 Å². The molecule has 0 radical (unpaired) electrons. The number of aliphatic hydroxyl groups excluding tert-OH is 1. The number of aliphatic hydroxyl groups is 1. The molecule has 0 aromatic carbocycles. The second kappa shape index (κ2) is 123. The van der Waals surface area contributed by atoms with Crippen molar-refractivity contribution in [2.45, 2.75) is 7.43 Å². The van der Waals surface area contributed by atoms with Crippen LogP contribution in [-0.2, 0) is 0 Å². The van der Waals surface area contributed by atoms with Crippen LogP contribution >= 0.6 is 24.4 Å². The molecule has 0 aliphatic carbocycles. The number of hydrogen-bond acceptors (Lipinski definition) is 3. The molecule has 0 aromatic heterocycles. The lowest BCUT2D eigenvalue weighted by Crippen LogP contribution is -1.25. The Hall–Kier alpha value is 0.660. The highest BCUT2D eigenvalue weighted by Crippen LogP contribution is 1.70. The summed E-state index contributed by atoms with van der Waals surface area (Å²) in [5, 5.41) is 7.00. The highest BCUT2D eigenvalue weighted by molar-refractivity contribution is 7.97. The zero-order chi connectivity index (χ0) is 6.71. The molecule has 0 saturated carbocycles. The minimum Gasteiger partial charge on any atom is -0.400 e. The van der Waals surface area contributed by atoms with Gasteiger partial charge in [-0.15, -0.1) is 0 Å².